The van der Waals surface area contributed by atoms with E-state index in [1.165, 1.54) is 32.1 Å². The Bertz CT molecular complexity index is 141. The third-order valence-corrected chi connectivity index (χ3v) is 2.76. The van der Waals surface area contributed by atoms with E-state index in [0.29, 0.717) is 10.9 Å². The second-order valence-electron chi connectivity index (χ2n) is 3.33. The predicted octanol–water partition coefficient (Wildman–Crippen LogP) is 1.18. The molecule has 0 aromatic carbocycles. The van der Waals surface area contributed by atoms with Gasteiger partial charge in [0.05, 0.1) is 11.0 Å². The Kier molecular flexibility index (Phi) is 3.27. The van der Waals surface area contributed by atoms with Crippen LogP contribution in [0.3, 0.4) is 0 Å². The molecule has 1 unspecified atom stereocenters. The maximum Gasteiger partial charge on any atom is 0.0900 e. The minimum Gasteiger partial charge on any atom is -0.392 e. The molecule has 0 aromatic heterocycles. The van der Waals surface area contributed by atoms with Crippen molar-refractivity contribution in [3.05, 3.63) is 0 Å². The molecule has 0 aliphatic heterocycles. The third kappa shape index (κ3) is 2.42. The van der Waals surface area contributed by atoms with Crippen LogP contribution >= 0.6 is 12.2 Å². The van der Waals surface area contributed by atoms with Crippen molar-refractivity contribution in [3.63, 3.8) is 0 Å². The van der Waals surface area contributed by atoms with Gasteiger partial charge in [0.2, 0.25) is 0 Å². The summed E-state index contributed by atoms with van der Waals surface area (Å²) in [6, 6.07) is -0.0368. The van der Waals surface area contributed by atoms with Gasteiger partial charge in [-0.15, -0.1) is 0 Å². The molecule has 11 heavy (non-hydrogen) atoms. The Morgan fingerprint density at radius 3 is 2.27 bits per heavy atom. The van der Waals surface area contributed by atoms with Gasteiger partial charge in [-0.1, -0.05) is 31.5 Å². The molecule has 1 aliphatic rings. The number of hydrogen-bond donors (Lipinski definition) is 2. The lowest BCUT2D eigenvalue weighted by molar-refractivity contribution is 0.342. The van der Waals surface area contributed by atoms with Crippen molar-refractivity contribution in [1.82, 2.24) is 0 Å². The zero-order valence-corrected chi connectivity index (χ0v) is 7.57. The monoisotopic (exact) mass is 172 g/mol. The molecule has 1 saturated carbocycles. The number of rotatable bonds is 2. The predicted molar refractivity (Wildman–Crippen MR) is 51.3 cm³/mol. The van der Waals surface area contributed by atoms with E-state index in [9.17, 15) is 0 Å². The van der Waals surface area contributed by atoms with Crippen LogP contribution in [-0.4, -0.2) is 11.0 Å². The molecule has 2 nitrogen and oxygen atoms in total. The molecule has 0 saturated heterocycles. The second-order valence-corrected chi connectivity index (χ2v) is 3.80. The van der Waals surface area contributed by atoms with Gasteiger partial charge >= 0.3 is 0 Å². The lowest BCUT2D eigenvalue weighted by Gasteiger charge is -2.26. The lowest BCUT2D eigenvalue weighted by Crippen LogP contribution is -2.42. The molecule has 0 spiro atoms. The van der Waals surface area contributed by atoms with Gasteiger partial charge in [-0.3, -0.25) is 0 Å². The van der Waals surface area contributed by atoms with E-state index in [1.807, 2.05) is 0 Å². The molecule has 4 N–H and O–H groups in total. The van der Waals surface area contributed by atoms with E-state index in [2.05, 4.69) is 0 Å². The van der Waals surface area contributed by atoms with Crippen LogP contribution in [-0.2, 0) is 0 Å². The van der Waals surface area contributed by atoms with Crippen LogP contribution in [0.2, 0.25) is 0 Å². The summed E-state index contributed by atoms with van der Waals surface area (Å²) in [4.78, 5) is 0.483. The summed E-state index contributed by atoms with van der Waals surface area (Å²) < 4.78 is 0. The van der Waals surface area contributed by atoms with Crippen LogP contribution in [0.5, 0.6) is 0 Å². The second kappa shape index (κ2) is 4.02. The fourth-order valence-electron chi connectivity index (χ4n) is 1.73. The van der Waals surface area contributed by atoms with Gasteiger partial charge in [-0.2, -0.15) is 0 Å². The maximum absolute atomic E-state index is 5.82. The SMILES string of the molecule is NC(=S)C(N)C1CCCCC1. The molecular weight excluding hydrogens is 156 g/mol. The largest absolute Gasteiger partial charge is 0.392 e. The van der Waals surface area contributed by atoms with Crippen LogP contribution in [0.25, 0.3) is 0 Å². The van der Waals surface area contributed by atoms with Gasteiger partial charge in [-0.05, 0) is 18.8 Å². The zero-order chi connectivity index (χ0) is 8.27. The van der Waals surface area contributed by atoms with E-state index in [1.54, 1.807) is 0 Å². The summed E-state index contributed by atoms with van der Waals surface area (Å²) in [7, 11) is 0. The van der Waals surface area contributed by atoms with Crippen molar-refractivity contribution in [1.29, 1.82) is 0 Å². The topological polar surface area (TPSA) is 52.0 Å². The Hall–Kier alpha value is -0.150. The fourth-order valence-corrected chi connectivity index (χ4v) is 1.92. The molecule has 0 radical (unpaired) electrons. The minimum absolute atomic E-state index is 0.0368. The average molecular weight is 172 g/mol. The van der Waals surface area contributed by atoms with Gasteiger partial charge in [0, 0.05) is 0 Å². The summed E-state index contributed by atoms with van der Waals surface area (Å²) >= 11 is 4.85. The van der Waals surface area contributed by atoms with E-state index in [4.69, 9.17) is 23.7 Å². The Balaban J connectivity index is 2.38. The Morgan fingerprint density at radius 1 is 1.27 bits per heavy atom. The van der Waals surface area contributed by atoms with Crippen LogP contribution < -0.4 is 11.5 Å². The van der Waals surface area contributed by atoms with Crippen molar-refractivity contribution in [3.8, 4) is 0 Å². The van der Waals surface area contributed by atoms with E-state index in [0.717, 1.165) is 0 Å². The summed E-state index contributed by atoms with van der Waals surface area (Å²) in [5, 5.41) is 0. The van der Waals surface area contributed by atoms with Gasteiger partial charge in [0.25, 0.3) is 0 Å². The van der Waals surface area contributed by atoms with Crippen LogP contribution in [0.1, 0.15) is 32.1 Å². The summed E-state index contributed by atoms with van der Waals surface area (Å²) in [6.07, 6.45) is 6.35. The van der Waals surface area contributed by atoms with Crippen molar-refractivity contribution in [2.24, 2.45) is 17.4 Å². The maximum atomic E-state index is 5.82. The van der Waals surface area contributed by atoms with Crippen LogP contribution in [0.15, 0.2) is 0 Å². The highest BCUT2D eigenvalue weighted by Gasteiger charge is 2.21. The molecular formula is C8H16N2S. The molecule has 0 amide bonds. The normalized spacial score (nSPS) is 23.0. The average Bonchev–Trinajstić information content (AvgIpc) is 2.05. The minimum atomic E-state index is -0.0368. The summed E-state index contributed by atoms with van der Waals surface area (Å²) in [5.41, 5.74) is 11.3. The molecule has 1 fully saturated rings. The van der Waals surface area contributed by atoms with Gasteiger partial charge < -0.3 is 11.5 Å². The number of thiocarbonyl (C=S) groups is 1. The van der Waals surface area contributed by atoms with Gasteiger partial charge in [0.1, 0.15) is 0 Å². The first-order chi connectivity index (χ1) is 5.22. The van der Waals surface area contributed by atoms with Crippen LogP contribution in [0.4, 0.5) is 0 Å². The van der Waals surface area contributed by atoms with Crippen molar-refractivity contribution >= 4 is 17.2 Å². The molecule has 1 rings (SSSR count). The standard InChI is InChI=1S/C8H16N2S/c9-7(8(10)11)6-4-2-1-3-5-6/h6-7H,1-5,9H2,(H2,10,11). The fraction of sp³-hybridized carbons (Fsp3) is 0.875. The number of hydrogen-bond acceptors (Lipinski definition) is 2. The Labute approximate surface area is 73.3 Å². The van der Waals surface area contributed by atoms with Gasteiger partial charge in [0.15, 0.2) is 0 Å². The number of nitrogens with two attached hydrogens (primary N) is 2. The molecule has 3 heteroatoms. The first-order valence-corrected chi connectivity index (χ1v) is 4.67. The highest BCUT2D eigenvalue weighted by Crippen LogP contribution is 2.25. The van der Waals surface area contributed by atoms with Crippen molar-refractivity contribution < 1.29 is 0 Å². The molecule has 1 atom stereocenters. The molecule has 1 aliphatic carbocycles. The molecule has 0 bridgehead atoms. The molecule has 0 heterocycles. The first-order valence-electron chi connectivity index (χ1n) is 4.26. The molecule has 0 aromatic rings. The van der Waals surface area contributed by atoms with E-state index >= 15 is 0 Å². The van der Waals surface area contributed by atoms with Crippen molar-refractivity contribution in [2.75, 3.05) is 0 Å². The zero-order valence-electron chi connectivity index (χ0n) is 6.75. The lowest BCUT2D eigenvalue weighted by atomic mass is 9.84. The van der Waals surface area contributed by atoms with Crippen molar-refractivity contribution in [2.45, 2.75) is 38.1 Å². The quantitative estimate of drug-likeness (QED) is 0.615. The Morgan fingerprint density at radius 2 is 1.82 bits per heavy atom. The van der Waals surface area contributed by atoms with Crippen LogP contribution in [0, 0.1) is 5.92 Å². The smallest absolute Gasteiger partial charge is 0.0900 e. The van der Waals surface area contributed by atoms with E-state index in [-0.39, 0.29) is 6.04 Å². The summed E-state index contributed by atoms with van der Waals surface area (Å²) in [5.74, 6) is 0.557. The molecule has 64 valence electrons. The third-order valence-electron chi connectivity index (χ3n) is 2.49. The van der Waals surface area contributed by atoms with E-state index < -0.39 is 0 Å². The first kappa shape index (κ1) is 8.94. The van der Waals surface area contributed by atoms with Gasteiger partial charge in [-0.25, -0.2) is 0 Å². The highest BCUT2D eigenvalue weighted by molar-refractivity contribution is 7.80. The highest BCUT2D eigenvalue weighted by atomic mass is 32.1. The summed E-state index contributed by atoms with van der Waals surface area (Å²) in [6.45, 7) is 0.